The number of halogens is 1. The molecule has 2 aromatic rings. The third-order valence-corrected chi connectivity index (χ3v) is 3.37. The van der Waals surface area contributed by atoms with Crippen molar-refractivity contribution in [1.82, 2.24) is 20.2 Å². The highest BCUT2D eigenvalue weighted by Gasteiger charge is 2.26. The van der Waals surface area contributed by atoms with Crippen LogP contribution in [0.3, 0.4) is 0 Å². The number of hydrogen-bond donors (Lipinski definition) is 1. The number of anilines is 1. The van der Waals surface area contributed by atoms with Crippen LogP contribution in [-0.2, 0) is 0 Å². The normalized spacial score (nSPS) is 13.5. The van der Waals surface area contributed by atoms with E-state index in [1.54, 1.807) is 10.7 Å². The van der Waals surface area contributed by atoms with E-state index in [0.717, 1.165) is 0 Å². The van der Waals surface area contributed by atoms with Crippen molar-refractivity contribution in [2.24, 2.45) is 5.41 Å². The average molecular weight is 263 g/mol. The van der Waals surface area contributed by atoms with Gasteiger partial charge in [0, 0.05) is 5.56 Å². The van der Waals surface area contributed by atoms with Crippen LogP contribution < -0.4 is 5.73 Å². The Morgan fingerprint density at radius 3 is 2.58 bits per heavy atom. The van der Waals surface area contributed by atoms with E-state index in [-0.39, 0.29) is 17.1 Å². The molecule has 1 unspecified atom stereocenters. The first-order valence-electron chi connectivity index (χ1n) is 6.14. The van der Waals surface area contributed by atoms with Gasteiger partial charge in [0.15, 0.2) is 5.82 Å². The molecule has 1 aromatic heterocycles. The summed E-state index contributed by atoms with van der Waals surface area (Å²) in [6.07, 6.45) is 0. The summed E-state index contributed by atoms with van der Waals surface area (Å²) in [5, 5.41) is 11.7. The van der Waals surface area contributed by atoms with Crippen LogP contribution in [0.2, 0.25) is 0 Å². The summed E-state index contributed by atoms with van der Waals surface area (Å²) < 4.78 is 15.2. The Kier molecular flexibility index (Phi) is 3.26. The molecule has 1 atom stereocenters. The first kappa shape index (κ1) is 13.5. The highest BCUT2D eigenvalue weighted by Crippen LogP contribution is 2.32. The maximum atomic E-state index is 13.5. The molecular weight excluding hydrogens is 245 g/mol. The van der Waals surface area contributed by atoms with Gasteiger partial charge < -0.3 is 5.73 Å². The number of nitrogen functional groups attached to an aromatic ring is 1. The molecule has 1 aromatic carbocycles. The molecule has 6 heteroatoms. The van der Waals surface area contributed by atoms with Gasteiger partial charge in [-0.15, -0.1) is 5.10 Å². The molecule has 1 heterocycles. The fourth-order valence-electron chi connectivity index (χ4n) is 1.68. The zero-order valence-corrected chi connectivity index (χ0v) is 11.6. The predicted molar refractivity (Wildman–Crippen MR) is 71.8 cm³/mol. The minimum atomic E-state index is -0.463. The molecule has 102 valence electrons. The molecule has 2 N–H and O–H groups in total. The van der Waals surface area contributed by atoms with Crippen molar-refractivity contribution in [1.29, 1.82) is 0 Å². The monoisotopic (exact) mass is 263 g/mol. The van der Waals surface area contributed by atoms with Gasteiger partial charge in [0.1, 0.15) is 5.82 Å². The summed E-state index contributed by atoms with van der Waals surface area (Å²) in [6.45, 7) is 8.35. The molecule has 0 spiro atoms. The Balaban J connectivity index is 2.47. The second-order valence-electron chi connectivity index (χ2n) is 5.73. The standard InChI is InChI=1S/C13H18FN5/c1-8(13(2,3)4)19-12(16-17-18-19)9-5-6-11(15)10(14)7-9/h5-8H,15H2,1-4H3. The first-order valence-corrected chi connectivity index (χ1v) is 6.14. The summed E-state index contributed by atoms with van der Waals surface area (Å²) >= 11 is 0. The minimum Gasteiger partial charge on any atom is -0.396 e. The van der Waals surface area contributed by atoms with Crippen LogP contribution in [0, 0.1) is 11.2 Å². The molecule has 5 nitrogen and oxygen atoms in total. The van der Waals surface area contributed by atoms with Crippen molar-refractivity contribution in [2.75, 3.05) is 5.73 Å². The molecule has 0 saturated carbocycles. The lowest BCUT2D eigenvalue weighted by molar-refractivity contribution is 0.243. The number of hydrogen-bond acceptors (Lipinski definition) is 4. The van der Waals surface area contributed by atoms with Crippen LogP contribution in [0.1, 0.15) is 33.7 Å². The van der Waals surface area contributed by atoms with E-state index >= 15 is 0 Å². The molecule has 0 aliphatic carbocycles. The van der Waals surface area contributed by atoms with Crippen molar-refractivity contribution in [3.8, 4) is 11.4 Å². The quantitative estimate of drug-likeness (QED) is 0.846. The van der Waals surface area contributed by atoms with Crippen molar-refractivity contribution in [2.45, 2.75) is 33.7 Å². The van der Waals surface area contributed by atoms with Gasteiger partial charge >= 0.3 is 0 Å². The third kappa shape index (κ3) is 2.57. The summed E-state index contributed by atoms with van der Waals surface area (Å²) in [4.78, 5) is 0. The zero-order chi connectivity index (χ0) is 14.2. The van der Waals surface area contributed by atoms with Gasteiger partial charge in [-0.25, -0.2) is 9.07 Å². The number of tetrazole rings is 1. The SMILES string of the molecule is CC(n1nnnc1-c1ccc(N)c(F)c1)C(C)(C)C. The maximum Gasteiger partial charge on any atom is 0.182 e. The summed E-state index contributed by atoms with van der Waals surface area (Å²) in [7, 11) is 0. The molecular formula is C13H18FN5. The van der Waals surface area contributed by atoms with Crippen molar-refractivity contribution in [3.63, 3.8) is 0 Å². The lowest BCUT2D eigenvalue weighted by atomic mass is 9.88. The van der Waals surface area contributed by atoms with E-state index in [2.05, 4.69) is 36.3 Å². The molecule has 0 saturated heterocycles. The number of nitrogens with zero attached hydrogens (tertiary/aromatic N) is 4. The van der Waals surface area contributed by atoms with Gasteiger partial charge in [-0.05, 0) is 41.0 Å². The number of benzene rings is 1. The summed E-state index contributed by atoms with van der Waals surface area (Å²) in [6, 6.07) is 4.67. The van der Waals surface area contributed by atoms with Gasteiger partial charge in [0.05, 0.1) is 11.7 Å². The predicted octanol–water partition coefficient (Wildman–Crippen LogP) is 2.67. The Labute approximate surface area is 111 Å². The molecule has 0 fully saturated rings. The Morgan fingerprint density at radius 2 is 2.00 bits per heavy atom. The topological polar surface area (TPSA) is 69.6 Å². The Bertz CT molecular complexity index is 585. The Morgan fingerprint density at radius 1 is 1.32 bits per heavy atom. The zero-order valence-electron chi connectivity index (χ0n) is 11.6. The number of rotatable bonds is 2. The fourth-order valence-corrected chi connectivity index (χ4v) is 1.68. The fraction of sp³-hybridized carbons (Fsp3) is 0.462. The van der Waals surface area contributed by atoms with E-state index < -0.39 is 5.82 Å². The van der Waals surface area contributed by atoms with Gasteiger partial charge in [-0.3, -0.25) is 0 Å². The van der Waals surface area contributed by atoms with Gasteiger partial charge in [-0.2, -0.15) is 0 Å². The van der Waals surface area contributed by atoms with E-state index in [0.29, 0.717) is 11.4 Å². The van der Waals surface area contributed by atoms with Crippen LogP contribution >= 0.6 is 0 Å². The number of aromatic nitrogens is 4. The van der Waals surface area contributed by atoms with Crippen LogP contribution in [0.15, 0.2) is 18.2 Å². The highest BCUT2D eigenvalue weighted by molar-refractivity contribution is 5.59. The largest absolute Gasteiger partial charge is 0.396 e. The third-order valence-electron chi connectivity index (χ3n) is 3.37. The molecule has 0 aliphatic rings. The smallest absolute Gasteiger partial charge is 0.182 e. The minimum absolute atomic E-state index is 0.00349. The molecule has 0 bridgehead atoms. The second-order valence-corrected chi connectivity index (χ2v) is 5.73. The van der Waals surface area contributed by atoms with Crippen LogP contribution in [-0.4, -0.2) is 20.2 Å². The Hall–Kier alpha value is -1.98. The summed E-state index contributed by atoms with van der Waals surface area (Å²) in [5.74, 6) is 0.0804. The average Bonchev–Trinajstić information content (AvgIpc) is 2.79. The second kappa shape index (κ2) is 4.60. The molecule has 0 aliphatic heterocycles. The van der Waals surface area contributed by atoms with Gasteiger partial charge in [0.25, 0.3) is 0 Å². The van der Waals surface area contributed by atoms with E-state index in [1.807, 2.05) is 6.92 Å². The lowest BCUT2D eigenvalue weighted by Crippen LogP contribution is -2.23. The van der Waals surface area contributed by atoms with Crippen LogP contribution in [0.4, 0.5) is 10.1 Å². The van der Waals surface area contributed by atoms with Gasteiger partial charge in [-0.1, -0.05) is 20.8 Å². The molecule has 0 amide bonds. The van der Waals surface area contributed by atoms with Crippen molar-refractivity contribution >= 4 is 5.69 Å². The lowest BCUT2D eigenvalue weighted by Gasteiger charge is -2.27. The van der Waals surface area contributed by atoms with Crippen LogP contribution in [0.5, 0.6) is 0 Å². The molecule has 2 rings (SSSR count). The van der Waals surface area contributed by atoms with Crippen molar-refractivity contribution < 1.29 is 4.39 Å². The van der Waals surface area contributed by atoms with E-state index in [9.17, 15) is 4.39 Å². The highest BCUT2D eigenvalue weighted by atomic mass is 19.1. The van der Waals surface area contributed by atoms with Gasteiger partial charge in [0.2, 0.25) is 0 Å². The van der Waals surface area contributed by atoms with Crippen molar-refractivity contribution in [3.05, 3.63) is 24.0 Å². The molecule has 0 radical (unpaired) electrons. The first-order chi connectivity index (χ1) is 8.80. The summed E-state index contributed by atoms with van der Waals surface area (Å²) in [5.41, 5.74) is 6.21. The number of nitrogens with two attached hydrogens (primary N) is 1. The molecule has 19 heavy (non-hydrogen) atoms. The van der Waals surface area contributed by atoms with Crippen LogP contribution in [0.25, 0.3) is 11.4 Å². The van der Waals surface area contributed by atoms with E-state index in [4.69, 9.17) is 5.73 Å². The van der Waals surface area contributed by atoms with E-state index in [1.165, 1.54) is 12.1 Å². The maximum absolute atomic E-state index is 13.5.